The number of carbonyl (C=O) groups excluding carboxylic acids is 1. The van der Waals surface area contributed by atoms with Crippen molar-refractivity contribution in [2.75, 3.05) is 56.5 Å². The number of nitrogens with one attached hydrogen (secondary N) is 4. The molecule has 4 N–H and O–H groups in total. The number of fused-ring (bicyclic) bond motifs is 2. The van der Waals surface area contributed by atoms with E-state index in [2.05, 4.69) is 57.6 Å². The van der Waals surface area contributed by atoms with Gasteiger partial charge in [-0.1, -0.05) is 0 Å². The van der Waals surface area contributed by atoms with Crippen molar-refractivity contribution in [1.29, 1.82) is 0 Å². The molecule has 0 spiro atoms. The first-order valence-electron chi connectivity index (χ1n) is 14.2. The Morgan fingerprint density at radius 3 is 2.71 bits per heavy atom. The maximum Gasteiger partial charge on any atom is 0.224 e. The van der Waals surface area contributed by atoms with Crippen LogP contribution in [0.25, 0.3) is 44.8 Å². The van der Waals surface area contributed by atoms with Gasteiger partial charge in [0.1, 0.15) is 11.2 Å². The van der Waals surface area contributed by atoms with Crippen LogP contribution in [0.2, 0.25) is 0 Å². The smallest absolute Gasteiger partial charge is 0.224 e. The fourth-order valence-electron chi connectivity index (χ4n) is 5.79. The molecule has 0 unspecified atom stereocenters. The third kappa shape index (κ3) is 5.23. The second-order valence-electron chi connectivity index (χ2n) is 11.0. The Labute approximate surface area is 237 Å². The standard InChI is InChI=1S/C29H33N11O/c1-39-8-10-40(11-9-39)23-4-7-32-28-26(23)35-29(36-28)25-22-14-20(16-33-27(22)38-37-25)19-13-21(17-31-15-19)34-24(41)12-18-2-5-30-6-3-18/h4,7,13-18,30H,2-3,5-6,8-12H2,1H3,(H,34,41)(H,32,35,36)(H,33,37,38). The third-order valence-electron chi connectivity index (χ3n) is 8.15. The largest absolute Gasteiger partial charge is 0.367 e. The summed E-state index contributed by atoms with van der Waals surface area (Å²) >= 11 is 0. The van der Waals surface area contributed by atoms with Gasteiger partial charge in [0.05, 0.1) is 23.0 Å². The zero-order valence-corrected chi connectivity index (χ0v) is 23.0. The molecule has 12 nitrogen and oxygen atoms in total. The number of imidazole rings is 1. The van der Waals surface area contributed by atoms with Gasteiger partial charge in [-0.2, -0.15) is 5.10 Å². The predicted octanol–water partition coefficient (Wildman–Crippen LogP) is 3.04. The van der Waals surface area contributed by atoms with E-state index in [4.69, 9.17) is 4.98 Å². The maximum absolute atomic E-state index is 12.7. The minimum Gasteiger partial charge on any atom is -0.367 e. The second-order valence-corrected chi connectivity index (χ2v) is 11.0. The molecule has 12 heteroatoms. The SMILES string of the molecule is CN1CCN(c2ccnc3nc(-c4[nH]nc5ncc(-c6cncc(NC(=O)CC7CCNCC7)c6)cc45)[nH]c23)CC1. The van der Waals surface area contributed by atoms with Crippen LogP contribution >= 0.6 is 0 Å². The van der Waals surface area contributed by atoms with Crippen LogP contribution in [0.15, 0.2) is 43.0 Å². The third-order valence-corrected chi connectivity index (χ3v) is 8.15. The number of anilines is 2. The summed E-state index contributed by atoms with van der Waals surface area (Å²) in [5.74, 6) is 1.10. The first-order valence-corrected chi connectivity index (χ1v) is 14.2. The number of hydrogen-bond donors (Lipinski definition) is 4. The highest BCUT2D eigenvalue weighted by atomic mass is 16.1. The summed E-state index contributed by atoms with van der Waals surface area (Å²) in [7, 11) is 2.15. The minimum atomic E-state index is 0.0241. The van der Waals surface area contributed by atoms with Crippen LogP contribution in [0.3, 0.4) is 0 Å². The zero-order valence-electron chi connectivity index (χ0n) is 23.0. The van der Waals surface area contributed by atoms with E-state index >= 15 is 0 Å². The van der Waals surface area contributed by atoms with Gasteiger partial charge in [-0.05, 0) is 57.1 Å². The highest BCUT2D eigenvalue weighted by molar-refractivity contribution is 5.95. The molecular formula is C29H33N11O. The number of amides is 1. The van der Waals surface area contributed by atoms with Gasteiger partial charge in [0.2, 0.25) is 5.91 Å². The van der Waals surface area contributed by atoms with E-state index in [9.17, 15) is 4.79 Å². The molecule has 0 radical (unpaired) electrons. The zero-order chi connectivity index (χ0) is 27.8. The summed E-state index contributed by atoms with van der Waals surface area (Å²) in [6.45, 7) is 5.89. The molecule has 1 amide bonds. The first kappa shape index (κ1) is 25.5. The lowest BCUT2D eigenvalue weighted by molar-refractivity contribution is -0.117. The summed E-state index contributed by atoms with van der Waals surface area (Å²) < 4.78 is 0. The van der Waals surface area contributed by atoms with Crippen LogP contribution < -0.4 is 15.5 Å². The number of carbonyl (C=O) groups is 1. The number of H-pyrrole nitrogens is 2. The van der Waals surface area contributed by atoms with Gasteiger partial charge in [0, 0.05) is 62.3 Å². The van der Waals surface area contributed by atoms with E-state index < -0.39 is 0 Å². The molecule has 0 aliphatic carbocycles. The van der Waals surface area contributed by atoms with Crippen molar-refractivity contribution in [2.45, 2.75) is 19.3 Å². The molecule has 7 rings (SSSR count). The summed E-state index contributed by atoms with van der Waals surface area (Å²) in [5, 5.41) is 14.8. The Kier molecular flexibility index (Phi) is 6.77. The predicted molar refractivity (Wildman–Crippen MR) is 159 cm³/mol. The van der Waals surface area contributed by atoms with Gasteiger partial charge in [-0.15, -0.1) is 0 Å². The van der Waals surface area contributed by atoms with Crippen molar-refractivity contribution < 1.29 is 4.79 Å². The highest BCUT2D eigenvalue weighted by Gasteiger charge is 2.21. The fraction of sp³-hybridized carbons (Fsp3) is 0.379. The Morgan fingerprint density at radius 2 is 1.85 bits per heavy atom. The summed E-state index contributed by atoms with van der Waals surface area (Å²) in [6.07, 6.45) is 9.64. The van der Waals surface area contributed by atoms with Gasteiger partial charge >= 0.3 is 0 Å². The van der Waals surface area contributed by atoms with Crippen molar-refractivity contribution in [1.82, 2.24) is 45.3 Å². The summed E-state index contributed by atoms with van der Waals surface area (Å²) in [5.41, 5.74) is 6.43. The van der Waals surface area contributed by atoms with E-state index in [1.165, 1.54) is 0 Å². The van der Waals surface area contributed by atoms with Crippen LogP contribution in [-0.4, -0.2) is 92.2 Å². The Morgan fingerprint density at radius 1 is 1.02 bits per heavy atom. The van der Waals surface area contributed by atoms with E-state index in [1.54, 1.807) is 18.6 Å². The van der Waals surface area contributed by atoms with Crippen molar-refractivity contribution in [3.05, 3.63) is 43.0 Å². The fourth-order valence-corrected chi connectivity index (χ4v) is 5.79. The van der Waals surface area contributed by atoms with Gasteiger partial charge in [0.25, 0.3) is 0 Å². The normalized spacial score (nSPS) is 17.0. The van der Waals surface area contributed by atoms with Crippen molar-refractivity contribution in [3.8, 4) is 22.6 Å². The van der Waals surface area contributed by atoms with Gasteiger partial charge in [-0.25, -0.2) is 15.0 Å². The Balaban J connectivity index is 1.16. The van der Waals surface area contributed by atoms with Gasteiger partial charge in [-0.3, -0.25) is 14.9 Å². The second kappa shape index (κ2) is 10.9. The number of likely N-dealkylation sites (N-methyl/N-ethyl adjacent to an activating group) is 1. The average Bonchev–Trinajstić information content (AvgIpc) is 3.62. The molecule has 2 saturated heterocycles. The van der Waals surface area contributed by atoms with Crippen LogP contribution in [0.1, 0.15) is 19.3 Å². The lowest BCUT2D eigenvalue weighted by atomic mass is 9.94. The molecule has 2 aliphatic heterocycles. The van der Waals surface area contributed by atoms with Crippen LogP contribution in [0, 0.1) is 5.92 Å². The summed E-state index contributed by atoms with van der Waals surface area (Å²) in [4.78, 5) is 39.2. The number of pyridine rings is 3. The monoisotopic (exact) mass is 551 g/mol. The van der Waals surface area contributed by atoms with Crippen LogP contribution in [0.4, 0.5) is 11.4 Å². The van der Waals surface area contributed by atoms with Crippen molar-refractivity contribution in [3.63, 3.8) is 0 Å². The minimum absolute atomic E-state index is 0.0241. The van der Waals surface area contributed by atoms with E-state index in [1.807, 2.05) is 24.4 Å². The molecule has 0 atom stereocenters. The number of aromatic amines is 2. The lowest BCUT2D eigenvalue weighted by Gasteiger charge is -2.34. The molecule has 2 aliphatic rings. The van der Waals surface area contributed by atoms with Crippen molar-refractivity contribution in [2.24, 2.45) is 5.92 Å². The quantitative estimate of drug-likeness (QED) is 0.250. The number of aromatic nitrogens is 7. The highest BCUT2D eigenvalue weighted by Crippen LogP contribution is 2.32. The van der Waals surface area contributed by atoms with Gasteiger partial charge in [0.15, 0.2) is 17.1 Å². The molecule has 7 heterocycles. The number of piperazine rings is 1. The molecule has 5 aromatic heterocycles. The Hall–Kier alpha value is -4.42. The number of rotatable bonds is 6. The molecule has 0 bridgehead atoms. The molecule has 5 aromatic rings. The Bertz CT molecular complexity index is 1700. The molecular weight excluding hydrogens is 518 g/mol. The first-order chi connectivity index (χ1) is 20.1. The van der Waals surface area contributed by atoms with Gasteiger partial charge < -0.3 is 25.4 Å². The maximum atomic E-state index is 12.7. The molecule has 210 valence electrons. The summed E-state index contributed by atoms with van der Waals surface area (Å²) in [6, 6.07) is 6.01. The lowest BCUT2D eigenvalue weighted by Crippen LogP contribution is -2.44. The molecule has 2 fully saturated rings. The van der Waals surface area contributed by atoms with E-state index in [0.717, 1.165) is 85.5 Å². The number of piperidine rings is 1. The van der Waals surface area contributed by atoms with E-state index in [-0.39, 0.29) is 5.91 Å². The molecule has 0 saturated carbocycles. The van der Waals surface area contributed by atoms with E-state index in [0.29, 0.717) is 35.1 Å². The van der Waals surface area contributed by atoms with Crippen LogP contribution in [-0.2, 0) is 4.79 Å². The molecule has 41 heavy (non-hydrogen) atoms. The van der Waals surface area contributed by atoms with Crippen LogP contribution in [0.5, 0.6) is 0 Å². The average molecular weight is 552 g/mol. The number of nitrogens with zero attached hydrogens (tertiary/aromatic N) is 7. The number of hydrogen-bond acceptors (Lipinski definition) is 9. The molecule has 0 aromatic carbocycles. The van der Waals surface area contributed by atoms with Crippen molar-refractivity contribution >= 4 is 39.5 Å². The topological polar surface area (TPSA) is 144 Å².